The topological polar surface area (TPSA) is 97.2 Å². The molecule has 0 bridgehead atoms. The monoisotopic (exact) mass is 299 g/mol. The van der Waals surface area contributed by atoms with Crippen LogP contribution in [-0.2, 0) is 4.74 Å². The van der Waals surface area contributed by atoms with Gasteiger partial charge in [0.1, 0.15) is 6.34 Å². The predicted octanol–water partition coefficient (Wildman–Crippen LogP) is 0.989. The number of carbonyl (C=O) groups excluding carboxylic acids is 3. The summed E-state index contributed by atoms with van der Waals surface area (Å²) < 4.78 is 4.49. The zero-order chi connectivity index (χ0) is 15.5. The van der Waals surface area contributed by atoms with Gasteiger partial charge in [-0.25, -0.2) is 14.6 Å². The molecule has 1 atom stereocenters. The van der Waals surface area contributed by atoms with E-state index < -0.39 is 11.9 Å². The summed E-state index contributed by atoms with van der Waals surface area (Å²) in [5, 5.41) is 2.77. The third-order valence-electron chi connectivity index (χ3n) is 3.45. The van der Waals surface area contributed by atoms with Crippen LogP contribution < -0.4 is 5.32 Å². The van der Waals surface area contributed by atoms with E-state index in [0.29, 0.717) is 12.1 Å². The summed E-state index contributed by atoms with van der Waals surface area (Å²) in [6, 6.07) is 4.41. The number of aliphatic imine (C=N–C) groups is 2. The average Bonchev–Trinajstić information content (AvgIpc) is 3.12. The Bertz CT molecular complexity index is 697. The summed E-state index contributed by atoms with van der Waals surface area (Å²) in [4.78, 5) is 42.8. The smallest absolute Gasteiger partial charge is 0.346 e. The summed E-state index contributed by atoms with van der Waals surface area (Å²) in [5.74, 6) is -1.68. The Kier molecular flexibility index (Phi) is 3.78. The number of cyclic esters (lactones) is 2. The van der Waals surface area contributed by atoms with Crippen LogP contribution >= 0.6 is 0 Å². The lowest BCUT2D eigenvalue weighted by Gasteiger charge is -2.07. The number of ether oxygens (including phenoxy) is 1. The van der Waals surface area contributed by atoms with Crippen molar-refractivity contribution in [3.63, 3.8) is 0 Å². The Morgan fingerprint density at radius 2 is 2.05 bits per heavy atom. The maximum Gasteiger partial charge on any atom is 0.346 e. The van der Waals surface area contributed by atoms with Crippen molar-refractivity contribution in [2.75, 3.05) is 6.54 Å². The summed E-state index contributed by atoms with van der Waals surface area (Å²) in [7, 11) is 0. The predicted molar refractivity (Wildman–Crippen MR) is 78.5 cm³/mol. The summed E-state index contributed by atoms with van der Waals surface area (Å²) in [5.41, 5.74) is 0.653. The molecule has 3 rings (SSSR count). The number of nitrogens with one attached hydrogen (secondary N) is 1. The van der Waals surface area contributed by atoms with E-state index in [9.17, 15) is 14.4 Å². The van der Waals surface area contributed by atoms with Crippen molar-refractivity contribution in [2.45, 2.75) is 18.9 Å². The number of benzene rings is 1. The largest absolute Gasteiger partial charge is 0.386 e. The van der Waals surface area contributed by atoms with Crippen LogP contribution in [0.15, 0.2) is 28.2 Å². The van der Waals surface area contributed by atoms with Crippen molar-refractivity contribution in [3.8, 4) is 0 Å². The maximum atomic E-state index is 12.0. The van der Waals surface area contributed by atoms with Gasteiger partial charge in [0.2, 0.25) is 0 Å². The molecule has 0 aliphatic carbocycles. The van der Waals surface area contributed by atoms with Crippen LogP contribution in [0, 0.1) is 0 Å². The molecule has 0 saturated heterocycles. The molecule has 1 aromatic rings. The molecule has 1 N–H and O–H groups in total. The van der Waals surface area contributed by atoms with E-state index in [1.807, 2.05) is 0 Å². The Morgan fingerprint density at radius 1 is 1.23 bits per heavy atom. The van der Waals surface area contributed by atoms with E-state index in [0.717, 1.165) is 12.8 Å². The first-order valence-corrected chi connectivity index (χ1v) is 6.89. The standard InChI is InChI=1S/C15H13N3O4/c19-13(17-5-1-2-10-7-16-8-18-10)9-3-4-11-12(6-9)15(21)22-14(11)20/h3-4,6-8,10H,1-2,5H2,(H,17,19). The minimum absolute atomic E-state index is 0.0951. The maximum absolute atomic E-state index is 12.0. The van der Waals surface area contributed by atoms with Gasteiger partial charge in [-0.15, -0.1) is 0 Å². The first-order chi connectivity index (χ1) is 10.6. The molecule has 0 aromatic heterocycles. The second kappa shape index (κ2) is 5.88. The lowest BCUT2D eigenvalue weighted by molar-refractivity contribution is 0.0443. The molecule has 0 saturated carbocycles. The zero-order valence-electron chi connectivity index (χ0n) is 11.6. The first kappa shape index (κ1) is 14.1. The number of amides is 1. The highest BCUT2D eigenvalue weighted by molar-refractivity contribution is 6.15. The number of nitrogens with zero attached hydrogens (tertiary/aromatic N) is 2. The van der Waals surface area contributed by atoms with Gasteiger partial charge in [-0.05, 0) is 31.0 Å². The number of carbonyl (C=O) groups is 3. The highest BCUT2D eigenvalue weighted by Gasteiger charge is 2.30. The van der Waals surface area contributed by atoms with Crippen molar-refractivity contribution < 1.29 is 19.1 Å². The quantitative estimate of drug-likeness (QED) is 0.498. The molecule has 1 amide bonds. The molecule has 0 fully saturated rings. The van der Waals surface area contributed by atoms with E-state index >= 15 is 0 Å². The van der Waals surface area contributed by atoms with Crippen LogP contribution in [0.5, 0.6) is 0 Å². The van der Waals surface area contributed by atoms with Crippen LogP contribution in [0.4, 0.5) is 0 Å². The van der Waals surface area contributed by atoms with Gasteiger partial charge in [-0.2, -0.15) is 0 Å². The third kappa shape index (κ3) is 2.78. The minimum Gasteiger partial charge on any atom is -0.386 e. The minimum atomic E-state index is -0.715. The van der Waals surface area contributed by atoms with E-state index in [-0.39, 0.29) is 23.1 Å². The van der Waals surface area contributed by atoms with Gasteiger partial charge in [0.05, 0.1) is 17.2 Å². The van der Waals surface area contributed by atoms with Gasteiger partial charge in [-0.3, -0.25) is 9.79 Å². The van der Waals surface area contributed by atoms with Crippen LogP contribution in [0.2, 0.25) is 0 Å². The van der Waals surface area contributed by atoms with Crippen molar-refractivity contribution in [3.05, 3.63) is 34.9 Å². The van der Waals surface area contributed by atoms with Crippen molar-refractivity contribution >= 4 is 30.4 Å². The third-order valence-corrected chi connectivity index (χ3v) is 3.45. The Hall–Kier alpha value is -2.83. The molecule has 112 valence electrons. The number of rotatable bonds is 5. The molecule has 7 nitrogen and oxygen atoms in total. The van der Waals surface area contributed by atoms with Gasteiger partial charge >= 0.3 is 11.9 Å². The highest BCUT2D eigenvalue weighted by atomic mass is 16.6. The summed E-state index contributed by atoms with van der Waals surface area (Å²) in [6.45, 7) is 0.499. The lowest BCUT2D eigenvalue weighted by atomic mass is 10.1. The molecule has 2 heterocycles. The first-order valence-electron chi connectivity index (χ1n) is 6.89. The Morgan fingerprint density at radius 3 is 2.82 bits per heavy atom. The molecule has 0 radical (unpaired) electrons. The molecular formula is C15H13N3O4. The molecule has 22 heavy (non-hydrogen) atoms. The fourth-order valence-corrected chi connectivity index (χ4v) is 2.29. The van der Waals surface area contributed by atoms with Gasteiger partial charge in [0.25, 0.3) is 5.91 Å². The molecule has 1 aromatic carbocycles. The van der Waals surface area contributed by atoms with E-state index in [4.69, 9.17) is 0 Å². The highest BCUT2D eigenvalue weighted by Crippen LogP contribution is 2.21. The number of hydrogen-bond acceptors (Lipinski definition) is 6. The molecule has 2 aliphatic rings. The fourth-order valence-electron chi connectivity index (χ4n) is 2.29. The molecule has 7 heteroatoms. The Balaban J connectivity index is 1.55. The van der Waals surface area contributed by atoms with Gasteiger partial charge < -0.3 is 10.1 Å². The van der Waals surface area contributed by atoms with Gasteiger partial charge in [-0.1, -0.05) is 0 Å². The molecule has 2 aliphatic heterocycles. The van der Waals surface area contributed by atoms with Gasteiger partial charge in [0.15, 0.2) is 0 Å². The second-order valence-corrected chi connectivity index (χ2v) is 4.97. The van der Waals surface area contributed by atoms with E-state index in [1.165, 1.54) is 24.5 Å². The molecule has 1 unspecified atom stereocenters. The number of fused-ring (bicyclic) bond motifs is 1. The second-order valence-electron chi connectivity index (χ2n) is 4.97. The fraction of sp³-hybridized carbons (Fsp3) is 0.267. The average molecular weight is 299 g/mol. The lowest BCUT2D eigenvalue weighted by Crippen LogP contribution is -2.25. The van der Waals surface area contributed by atoms with Crippen molar-refractivity contribution in [1.82, 2.24) is 5.32 Å². The number of esters is 2. The number of hydrogen-bond donors (Lipinski definition) is 1. The van der Waals surface area contributed by atoms with E-state index in [2.05, 4.69) is 20.0 Å². The van der Waals surface area contributed by atoms with Crippen molar-refractivity contribution in [2.24, 2.45) is 9.98 Å². The molecule has 0 spiro atoms. The van der Waals surface area contributed by atoms with Crippen LogP contribution in [0.1, 0.15) is 43.9 Å². The van der Waals surface area contributed by atoms with Crippen molar-refractivity contribution in [1.29, 1.82) is 0 Å². The van der Waals surface area contributed by atoms with Gasteiger partial charge in [0, 0.05) is 18.3 Å². The van der Waals surface area contributed by atoms with Crippen LogP contribution in [0.25, 0.3) is 0 Å². The zero-order valence-corrected chi connectivity index (χ0v) is 11.6. The van der Waals surface area contributed by atoms with Crippen LogP contribution in [-0.4, -0.2) is 43.0 Å². The normalized spacial score (nSPS) is 18.5. The Labute approximate surface area is 126 Å². The van der Waals surface area contributed by atoms with E-state index in [1.54, 1.807) is 6.21 Å². The summed E-state index contributed by atoms with van der Waals surface area (Å²) >= 11 is 0. The summed E-state index contributed by atoms with van der Waals surface area (Å²) in [6.07, 6.45) is 4.87. The van der Waals surface area contributed by atoms with Crippen LogP contribution in [0.3, 0.4) is 0 Å². The molecular weight excluding hydrogens is 286 g/mol. The SMILES string of the molecule is O=C(NCCCC1C=NC=N1)c1ccc2c(c1)C(=O)OC2=O.